The Morgan fingerprint density at radius 2 is 1.85 bits per heavy atom. The van der Waals surface area contributed by atoms with Crippen LogP contribution in [0.4, 0.5) is 0 Å². The molecule has 4 radical (unpaired) electrons. The average Bonchev–Trinajstić information content (AvgIpc) is 2.26. The van der Waals surface area contributed by atoms with E-state index in [2.05, 4.69) is 13.8 Å². The molecule has 0 rings (SSSR count). The number of ether oxygens (including phenoxy) is 1. The molecule has 6 heteroatoms. The van der Waals surface area contributed by atoms with E-state index in [1.54, 1.807) is 0 Å². The lowest BCUT2D eigenvalue weighted by Crippen LogP contribution is -2.36. The minimum atomic E-state index is -1.55. The van der Waals surface area contributed by atoms with Crippen LogP contribution < -0.4 is 0 Å². The highest BCUT2D eigenvalue weighted by Gasteiger charge is 2.22. The predicted octanol–water partition coefficient (Wildman–Crippen LogP) is 2.16. The van der Waals surface area contributed by atoms with Gasteiger partial charge in [-0.05, 0) is 19.3 Å². The molecular weight excluding hydrogens is 254 g/mol. The molecule has 0 aromatic heterocycles. The Bertz CT molecular complexity index is 362. The Morgan fingerprint density at radius 1 is 1.25 bits per heavy atom. The molecular formula is C14H22B2O4. The van der Waals surface area contributed by atoms with Crippen molar-refractivity contribution < 1.29 is 19.4 Å². The Morgan fingerprint density at radius 3 is 2.35 bits per heavy atom. The summed E-state index contributed by atoms with van der Waals surface area (Å²) in [7, 11) is 11.4. The number of carbonyl (C=O) groups is 2. The summed E-state index contributed by atoms with van der Waals surface area (Å²) in [6, 6.07) is 0. The first-order chi connectivity index (χ1) is 9.14. The third-order valence-electron chi connectivity index (χ3n) is 2.79. The van der Waals surface area contributed by atoms with Gasteiger partial charge in [-0.25, -0.2) is 9.59 Å². The van der Waals surface area contributed by atoms with Crippen LogP contribution in [0.15, 0.2) is 11.6 Å². The molecule has 0 aromatic rings. The summed E-state index contributed by atoms with van der Waals surface area (Å²) in [6.45, 7) is 5.67. The fourth-order valence-electron chi connectivity index (χ4n) is 1.68. The summed E-state index contributed by atoms with van der Waals surface area (Å²) in [5.41, 5.74) is -0.0439. The number of rotatable bonds is 9. The fourth-order valence-corrected chi connectivity index (χ4v) is 1.68. The lowest BCUT2D eigenvalue weighted by atomic mass is 9.62. The summed E-state index contributed by atoms with van der Waals surface area (Å²) < 4.78 is 4.91. The first-order valence-electron chi connectivity index (χ1n) is 6.86. The zero-order valence-corrected chi connectivity index (χ0v) is 12.5. The molecule has 0 fully saturated rings. The molecule has 108 valence electrons. The lowest BCUT2D eigenvalue weighted by molar-refractivity contribution is -0.143. The Balaban J connectivity index is 4.12. The van der Waals surface area contributed by atoms with Crippen LogP contribution >= 0.6 is 0 Å². The van der Waals surface area contributed by atoms with Gasteiger partial charge in [-0.1, -0.05) is 39.5 Å². The first-order valence-corrected chi connectivity index (χ1v) is 6.86. The molecule has 1 N–H and O–H groups in total. The normalized spacial score (nSPS) is 12.5. The standard InChI is InChI=1S/C14H22B2O4/c1-10(2)7-5-4-6-8-14(15,16)20-13(19)11(3)9-12(17)18/h9-10H,4-8H2,1-3H3,(H,17,18)/b11-9+. The summed E-state index contributed by atoms with van der Waals surface area (Å²) >= 11 is 0. The highest BCUT2D eigenvalue weighted by Crippen LogP contribution is 2.16. The summed E-state index contributed by atoms with van der Waals surface area (Å²) in [5.74, 6) is -1.36. The van der Waals surface area contributed by atoms with Gasteiger partial charge in [0.2, 0.25) is 0 Å². The number of hydrogen-bond donors (Lipinski definition) is 1. The van der Waals surface area contributed by atoms with Crippen LogP contribution in [0.25, 0.3) is 0 Å². The number of carboxylic acid groups (broad SMARTS) is 1. The van der Waals surface area contributed by atoms with Crippen molar-refractivity contribution in [1.82, 2.24) is 0 Å². The quantitative estimate of drug-likeness (QED) is 0.303. The van der Waals surface area contributed by atoms with Crippen LogP contribution in [-0.4, -0.2) is 38.1 Å². The van der Waals surface area contributed by atoms with Crippen molar-refractivity contribution in [3.8, 4) is 0 Å². The molecule has 0 spiro atoms. The van der Waals surface area contributed by atoms with Gasteiger partial charge in [0.15, 0.2) is 0 Å². The summed E-state index contributed by atoms with van der Waals surface area (Å²) in [6.07, 6.45) is 5.06. The zero-order valence-electron chi connectivity index (χ0n) is 12.5. The van der Waals surface area contributed by atoms with E-state index in [4.69, 9.17) is 25.5 Å². The average molecular weight is 276 g/mol. The molecule has 0 aromatic carbocycles. The molecule has 0 aliphatic heterocycles. The second-order valence-corrected chi connectivity index (χ2v) is 5.50. The van der Waals surface area contributed by atoms with Crippen LogP contribution in [-0.2, 0) is 14.3 Å². The van der Waals surface area contributed by atoms with Crippen LogP contribution in [0, 0.1) is 5.92 Å². The molecule has 0 saturated carbocycles. The number of unbranched alkanes of at least 4 members (excludes halogenated alkanes) is 2. The van der Waals surface area contributed by atoms with Crippen LogP contribution in [0.5, 0.6) is 0 Å². The molecule has 20 heavy (non-hydrogen) atoms. The van der Waals surface area contributed by atoms with Gasteiger partial charge in [-0.2, -0.15) is 0 Å². The smallest absolute Gasteiger partial charge is 0.332 e. The molecule has 0 unspecified atom stereocenters. The number of hydrogen-bond acceptors (Lipinski definition) is 3. The van der Waals surface area contributed by atoms with Gasteiger partial charge in [-0.15, -0.1) is 0 Å². The second-order valence-electron chi connectivity index (χ2n) is 5.50. The van der Waals surface area contributed by atoms with Gasteiger partial charge in [-0.3, -0.25) is 0 Å². The van der Waals surface area contributed by atoms with E-state index in [-0.39, 0.29) is 5.57 Å². The Labute approximate surface area is 123 Å². The van der Waals surface area contributed by atoms with E-state index in [0.29, 0.717) is 12.3 Å². The van der Waals surface area contributed by atoms with Gasteiger partial charge >= 0.3 is 11.9 Å². The zero-order chi connectivity index (χ0) is 15.8. The van der Waals surface area contributed by atoms with Crippen LogP contribution in [0.2, 0.25) is 0 Å². The van der Waals surface area contributed by atoms with Crippen molar-refractivity contribution in [2.75, 3.05) is 0 Å². The largest absolute Gasteiger partial charge is 0.478 e. The Hall–Kier alpha value is -1.19. The number of esters is 1. The van der Waals surface area contributed by atoms with Crippen molar-refractivity contribution >= 4 is 27.6 Å². The van der Waals surface area contributed by atoms with Gasteiger partial charge in [0.25, 0.3) is 0 Å². The monoisotopic (exact) mass is 276 g/mol. The molecule has 0 saturated heterocycles. The van der Waals surface area contributed by atoms with Gasteiger partial charge in [0.05, 0.1) is 0 Å². The predicted molar refractivity (Wildman–Crippen MR) is 79.6 cm³/mol. The first kappa shape index (κ1) is 18.8. The van der Waals surface area contributed by atoms with Gasteiger partial charge in [0, 0.05) is 17.0 Å². The van der Waals surface area contributed by atoms with Gasteiger partial charge < -0.3 is 9.84 Å². The molecule has 0 aliphatic carbocycles. The minimum Gasteiger partial charge on any atom is -0.478 e. The maximum absolute atomic E-state index is 11.6. The highest BCUT2D eigenvalue weighted by molar-refractivity contribution is 6.39. The van der Waals surface area contributed by atoms with Crippen molar-refractivity contribution in [3.63, 3.8) is 0 Å². The summed E-state index contributed by atoms with van der Waals surface area (Å²) in [5, 5.41) is 6.98. The maximum atomic E-state index is 11.6. The van der Waals surface area contributed by atoms with E-state index in [1.165, 1.54) is 6.92 Å². The van der Waals surface area contributed by atoms with Crippen LogP contribution in [0.3, 0.4) is 0 Å². The van der Waals surface area contributed by atoms with Crippen molar-refractivity contribution in [1.29, 1.82) is 0 Å². The van der Waals surface area contributed by atoms with E-state index in [0.717, 1.165) is 31.8 Å². The molecule has 0 heterocycles. The lowest BCUT2D eigenvalue weighted by Gasteiger charge is -2.26. The second kappa shape index (κ2) is 8.88. The van der Waals surface area contributed by atoms with E-state index < -0.39 is 17.3 Å². The highest BCUT2D eigenvalue weighted by atomic mass is 16.5. The topological polar surface area (TPSA) is 63.6 Å². The van der Waals surface area contributed by atoms with E-state index >= 15 is 0 Å². The Kier molecular flexibility index (Phi) is 8.35. The maximum Gasteiger partial charge on any atom is 0.332 e. The number of carbonyl (C=O) groups excluding carboxylic acids is 1. The van der Waals surface area contributed by atoms with E-state index in [9.17, 15) is 9.59 Å². The molecule has 0 aliphatic rings. The molecule has 4 nitrogen and oxygen atoms in total. The summed E-state index contributed by atoms with van der Waals surface area (Å²) in [4.78, 5) is 22.0. The van der Waals surface area contributed by atoms with Gasteiger partial charge in [0.1, 0.15) is 15.7 Å². The minimum absolute atomic E-state index is 0.0439. The third-order valence-corrected chi connectivity index (χ3v) is 2.79. The number of aliphatic carboxylic acids is 1. The van der Waals surface area contributed by atoms with Crippen molar-refractivity contribution in [3.05, 3.63) is 11.6 Å². The molecule has 0 bridgehead atoms. The van der Waals surface area contributed by atoms with Crippen molar-refractivity contribution in [2.24, 2.45) is 5.92 Å². The SMILES string of the molecule is [B]C([B])(CCCCCC(C)C)OC(=O)/C(C)=C/C(=O)O. The van der Waals surface area contributed by atoms with E-state index in [1.807, 2.05) is 0 Å². The molecule has 0 amide bonds. The number of carboxylic acids is 1. The van der Waals surface area contributed by atoms with Crippen molar-refractivity contribution in [2.45, 2.75) is 58.3 Å². The third kappa shape index (κ3) is 9.70. The molecule has 0 atom stereocenters. The van der Waals surface area contributed by atoms with Crippen LogP contribution in [0.1, 0.15) is 52.9 Å². The fraction of sp³-hybridized carbons (Fsp3) is 0.714.